The second-order valence-electron chi connectivity index (χ2n) is 3.76. The Balaban J connectivity index is 2.29. The van der Waals surface area contributed by atoms with Gasteiger partial charge in [-0.25, -0.2) is 0 Å². The summed E-state index contributed by atoms with van der Waals surface area (Å²) in [6.45, 7) is 5.53. The zero-order valence-electron chi connectivity index (χ0n) is 8.17. The molecule has 1 aliphatic rings. The Bertz CT molecular complexity index is 177. The van der Waals surface area contributed by atoms with E-state index in [9.17, 15) is 4.21 Å². The molecule has 0 spiro atoms. The molecule has 1 saturated heterocycles. The average Bonchev–Trinajstić information content (AvgIpc) is 2.31. The van der Waals surface area contributed by atoms with Crippen LogP contribution in [0, 0.1) is 5.92 Å². The number of nitrogens with zero attached hydrogens (tertiary/aromatic N) is 1. The molecule has 4 heteroatoms. The van der Waals surface area contributed by atoms with Gasteiger partial charge in [0.1, 0.15) is 0 Å². The molecule has 0 radical (unpaired) electrons. The van der Waals surface area contributed by atoms with Gasteiger partial charge in [-0.1, -0.05) is 22.9 Å². The molecule has 2 atom stereocenters. The van der Waals surface area contributed by atoms with Crippen LogP contribution in [0.3, 0.4) is 0 Å². The van der Waals surface area contributed by atoms with Crippen molar-refractivity contribution >= 4 is 26.7 Å². The third kappa shape index (κ3) is 4.56. The van der Waals surface area contributed by atoms with E-state index in [1.807, 2.05) is 0 Å². The molecule has 0 aromatic carbocycles. The van der Waals surface area contributed by atoms with Crippen molar-refractivity contribution in [3.63, 3.8) is 0 Å². The molecular weight excluding hydrogens is 250 g/mol. The van der Waals surface area contributed by atoms with Gasteiger partial charge in [-0.15, -0.1) is 0 Å². The van der Waals surface area contributed by atoms with E-state index in [0.29, 0.717) is 5.92 Å². The van der Waals surface area contributed by atoms with Crippen molar-refractivity contribution in [1.29, 1.82) is 0 Å². The van der Waals surface area contributed by atoms with Crippen molar-refractivity contribution in [2.45, 2.75) is 13.3 Å². The summed E-state index contributed by atoms with van der Waals surface area (Å²) in [4.78, 5) is 2.44. The fourth-order valence-electron chi connectivity index (χ4n) is 1.57. The van der Waals surface area contributed by atoms with E-state index < -0.39 is 10.8 Å². The molecule has 0 aromatic rings. The predicted molar refractivity (Wildman–Crippen MR) is 61.9 cm³/mol. The van der Waals surface area contributed by atoms with Crippen LogP contribution in [-0.4, -0.2) is 45.6 Å². The SMILES string of the molecule is CC(CBr)CN1CCCS(=O)CC1. The minimum atomic E-state index is -0.548. The van der Waals surface area contributed by atoms with Crippen molar-refractivity contribution in [1.82, 2.24) is 4.90 Å². The van der Waals surface area contributed by atoms with E-state index in [1.165, 1.54) is 0 Å². The first kappa shape index (κ1) is 11.7. The Morgan fingerprint density at radius 2 is 2.23 bits per heavy atom. The van der Waals surface area contributed by atoms with Gasteiger partial charge in [0.2, 0.25) is 0 Å². The van der Waals surface area contributed by atoms with Crippen molar-refractivity contribution in [3.8, 4) is 0 Å². The highest BCUT2D eigenvalue weighted by molar-refractivity contribution is 9.09. The molecular formula is C9H18BrNOS. The van der Waals surface area contributed by atoms with Crippen LogP contribution in [0.25, 0.3) is 0 Å². The highest BCUT2D eigenvalue weighted by Gasteiger charge is 2.14. The van der Waals surface area contributed by atoms with E-state index in [2.05, 4.69) is 27.8 Å². The lowest BCUT2D eigenvalue weighted by Gasteiger charge is -2.22. The Labute approximate surface area is 91.7 Å². The Hall–Kier alpha value is 0.590. The average molecular weight is 268 g/mol. The van der Waals surface area contributed by atoms with E-state index in [0.717, 1.165) is 42.9 Å². The number of hydrogen-bond donors (Lipinski definition) is 0. The summed E-state index contributed by atoms with van der Waals surface area (Å²) in [5, 5.41) is 1.06. The first-order valence-corrected chi connectivity index (χ1v) is 7.46. The van der Waals surface area contributed by atoms with Gasteiger partial charge < -0.3 is 4.90 Å². The maximum atomic E-state index is 11.3. The molecule has 2 unspecified atom stereocenters. The number of alkyl halides is 1. The summed E-state index contributed by atoms with van der Waals surface area (Å²) < 4.78 is 11.3. The molecule has 0 N–H and O–H groups in total. The van der Waals surface area contributed by atoms with Gasteiger partial charge in [-0.05, 0) is 18.9 Å². The minimum absolute atomic E-state index is 0.548. The lowest BCUT2D eigenvalue weighted by Crippen LogP contribution is -2.31. The van der Waals surface area contributed by atoms with Gasteiger partial charge in [0.25, 0.3) is 0 Å². The largest absolute Gasteiger partial charge is 0.302 e. The molecule has 1 rings (SSSR count). The molecule has 0 saturated carbocycles. The zero-order chi connectivity index (χ0) is 9.68. The molecule has 0 amide bonds. The molecule has 13 heavy (non-hydrogen) atoms. The van der Waals surface area contributed by atoms with Crippen LogP contribution in [-0.2, 0) is 10.8 Å². The van der Waals surface area contributed by atoms with E-state index in [-0.39, 0.29) is 0 Å². The van der Waals surface area contributed by atoms with E-state index in [1.54, 1.807) is 0 Å². The third-order valence-electron chi connectivity index (χ3n) is 2.31. The quantitative estimate of drug-likeness (QED) is 0.722. The maximum absolute atomic E-state index is 11.3. The van der Waals surface area contributed by atoms with Crippen molar-refractivity contribution < 1.29 is 4.21 Å². The normalized spacial score (nSPS) is 28.3. The summed E-state index contributed by atoms with van der Waals surface area (Å²) in [5.41, 5.74) is 0. The molecule has 0 aliphatic carbocycles. The monoisotopic (exact) mass is 267 g/mol. The van der Waals surface area contributed by atoms with Gasteiger partial charge in [0.05, 0.1) is 0 Å². The van der Waals surface area contributed by atoms with Gasteiger partial charge in [0, 0.05) is 40.7 Å². The van der Waals surface area contributed by atoms with E-state index in [4.69, 9.17) is 0 Å². The minimum Gasteiger partial charge on any atom is -0.302 e. The zero-order valence-corrected chi connectivity index (χ0v) is 10.6. The molecule has 1 fully saturated rings. The van der Waals surface area contributed by atoms with Crippen LogP contribution in [0.4, 0.5) is 0 Å². The summed E-state index contributed by atoms with van der Waals surface area (Å²) in [6.07, 6.45) is 1.10. The second kappa shape index (κ2) is 6.14. The van der Waals surface area contributed by atoms with Crippen molar-refractivity contribution in [2.75, 3.05) is 36.5 Å². The molecule has 1 aliphatic heterocycles. The topological polar surface area (TPSA) is 20.3 Å². The fraction of sp³-hybridized carbons (Fsp3) is 1.00. The standard InChI is InChI=1S/C9H18BrNOS/c1-9(7-10)8-11-3-2-5-13(12)6-4-11/h9H,2-8H2,1H3. The summed E-state index contributed by atoms with van der Waals surface area (Å²) in [5.74, 6) is 2.47. The predicted octanol–water partition coefficient (Wildman–Crippen LogP) is 1.47. The molecule has 0 bridgehead atoms. The Kier molecular flexibility index (Phi) is 5.51. The molecule has 78 valence electrons. The van der Waals surface area contributed by atoms with Gasteiger partial charge in [0.15, 0.2) is 0 Å². The Morgan fingerprint density at radius 3 is 2.92 bits per heavy atom. The summed E-state index contributed by atoms with van der Waals surface area (Å²) >= 11 is 3.49. The lowest BCUT2D eigenvalue weighted by molar-refractivity contribution is 0.265. The van der Waals surface area contributed by atoms with Crippen LogP contribution in [0.1, 0.15) is 13.3 Å². The Morgan fingerprint density at radius 1 is 1.46 bits per heavy atom. The van der Waals surface area contributed by atoms with Crippen molar-refractivity contribution in [3.05, 3.63) is 0 Å². The van der Waals surface area contributed by atoms with E-state index >= 15 is 0 Å². The van der Waals surface area contributed by atoms with Crippen molar-refractivity contribution in [2.24, 2.45) is 5.92 Å². The highest BCUT2D eigenvalue weighted by Crippen LogP contribution is 2.07. The van der Waals surface area contributed by atoms with Crippen LogP contribution < -0.4 is 0 Å². The van der Waals surface area contributed by atoms with Crippen LogP contribution in [0.2, 0.25) is 0 Å². The number of rotatable bonds is 3. The summed E-state index contributed by atoms with van der Waals surface area (Å²) in [7, 11) is -0.548. The molecule has 1 heterocycles. The van der Waals surface area contributed by atoms with Gasteiger partial charge >= 0.3 is 0 Å². The smallest absolute Gasteiger partial charge is 0.0362 e. The van der Waals surface area contributed by atoms with Gasteiger partial charge in [-0.3, -0.25) is 4.21 Å². The first-order chi connectivity index (χ1) is 6.22. The number of hydrogen-bond acceptors (Lipinski definition) is 2. The molecule has 0 aromatic heterocycles. The van der Waals surface area contributed by atoms with Crippen LogP contribution in [0.15, 0.2) is 0 Å². The van der Waals surface area contributed by atoms with Crippen LogP contribution in [0.5, 0.6) is 0 Å². The highest BCUT2D eigenvalue weighted by atomic mass is 79.9. The summed E-state index contributed by atoms with van der Waals surface area (Å²) in [6, 6.07) is 0. The molecule has 2 nitrogen and oxygen atoms in total. The third-order valence-corrected chi connectivity index (χ3v) is 4.80. The van der Waals surface area contributed by atoms with Crippen LogP contribution >= 0.6 is 15.9 Å². The van der Waals surface area contributed by atoms with Gasteiger partial charge in [-0.2, -0.15) is 0 Å². The second-order valence-corrected chi connectivity index (χ2v) is 6.11. The maximum Gasteiger partial charge on any atom is 0.0362 e. The number of halogens is 1. The lowest BCUT2D eigenvalue weighted by atomic mass is 10.2. The first-order valence-electron chi connectivity index (χ1n) is 4.85. The fourth-order valence-corrected chi connectivity index (χ4v) is 2.89.